The van der Waals surface area contributed by atoms with Crippen LogP contribution in [-0.2, 0) is 6.54 Å². The molecule has 0 N–H and O–H groups in total. The van der Waals surface area contributed by atoms with Gasteiger partial charge in [0.2, 0.25) is 0 Å². The first-order valence-corrected chi connectivity index (χ1v) is 8.57. The van der Waals surface area contributed by atoms with Gasteiger partial charge in [-0.3, -0.25) is 4.90 Å². The van der Waals surface area contributed by atoms with E-state index in [2.05, 4.69) is 28.4 Å². The van der Waals surface area contributed by atoms with Gasteiger partial charge in [0, 0.05) is 37.5 Å². The molecule has 0 aromatic heterocycles. The Labute approximate surface area is 137 Å². The van der Waals surface area contributed by atoms with E-state index >= 15 is 0 Å². The molecule has 0 aliphatic carbocycles. The third-order valence-electron chi connectivity index (χ3n) is 3.71. The molecule has 0 saturated carbocycles. The molecule has 1 saturated heterocycles. The number of benzene rings is 1. The van der Waals surface area contributed by atoms with E-state index in [4.69, 9.17) is 11.6 Å². The van der Waals surface area contributed by atoms with Gasteiger partial charge >= 0.3 is 0 Å². The average molecular weight is 326 g/mol. The van der Waals surface area contributed by atoms with Crippen LogP contribution in [-0.4, -0.2) is 43.3 Å². The van der Waals surface area contributed by atoms with Crippen LogP contribution in [0.1, 0.15) is 25.3 Å². The van der Waals surface area contributed by atoms with E-state index in [0.717, 1.165) is 22.4 Å². The molecule has 21 heavy (non-hydrogen) atoms. The average Bonchev–Trinajstić information content (AvgIpc) is 2.44. The fourth-order valence-electron chi connectivity index (χ4n) is 2.37. The van der Waals surface area contributed by atoms with Crippen molar-refractivity contribution in [1.29, 1.82) is 0 Å². The van der Waals surface area contributed by atoms with Crippen molar-refractivity contribution in [2.75, 3.05) is 27.2 Å². The topological polar surface area (TPSA) is 18.8 Å². The van der Waals surface area contributed by atoms with E-state index in [1.165, 1.54) is 43.4 Å². The highest BCUT2D eigenvalue weighted by Gasteiger charge is 2.16. The van der Waals surface area contributed by atoms with Crippen molar-refractivity contribution in [3.8, 4) is 0 Å². The Morgan fingerprint density at radius 3 is 2.76 bits per heavy atom. The van der Waals surface area contributed by atoms with Gasteiger partial charge < -0.3 is 4.90 Å². The van der Waals surface area contributed by atoms with E-state index < -0.39 is 0 Å². The molecule has 1 aromatic rings. The number of nitrogens with zero attached hydrogens (tertiary/aromatic N) is 3. The normalized spacial score (nSPS) is 17.5. The van der Waals surface area contributed by atoms with Crippen LogP contribution >= 0.6 is 23.5 Å². The van der Waals surface area contributed by atoms with Crippen LogP contribution in [0, 0.1) is 5.92 Å². The molecule has 1 heterocycles. The van der Waals surface area contributed by atoms with Gasteiger partial charge in [-0.15, -0.1) is 0 Å². The van der Waals surface area contributed by atoms with Crippen LogP contribution < -0.4 is 0 Å². The highest BCUT2D eigenvalue weighted by Crippen LogP contribution is 2.29. The van der Waals surface area contributed by atoms with Crippen LogP contribution in [0.3, 0.4) is 0 Å². The van der Waals surface area contributed by atoms with E-state index in [9.17, 15) is 0 Å². The van der Waals surface area contributed by atoms with Gasteiger partial charge in [0.1, 0.15) is 0 Å². The molecule has 1 aliphatic rings. The second kappa shape index (κ2) is 8.06. The van der Waals surface area contributed by atoms with Gasteiger partial charge in [-0.05, 0) is 49.5 Å². The fraction of sp³-hybridized carbons (Fsp3) is 0.562. The third kappa shape index (κ3) is 5.53. The standard InChI is InChI=1S/C16H24ClN3S/c1-13-6-8-20(9-7-13)11-14-4-5-15(17)16(10-14)21-18-12-19(2)3/h4-5,10,12-13H,6-9,11H2,1-3H3/b18-12+. The maximum Gasteiger partial charge on any atom is 0.0988 e. The van der Waals surface area contributed by atoms with Gasteiger partial charge in [-0.1, -0.05) is 24.6 Å². The summed E-state index contributed by atoms with van der Waals surface area (Å²) in [7, 11) is 3.92. The van der Waals surface area contributed by atoms with Crippen molar-refractivity contribution in [3.63, 3.8) is 0 Å². The number of hydrogen-bond acceptors (Lipinski definition) is 3. The van der Waals surface area contributed by atoms with E-state index in [1.807, 2.05) is 25.1 Å². The van der Waals surface area contributed by atoms with Crippen molar-refractivity contribution in [3.05, 3.63) is 28.8 Å². The van der Waals surface area contributed by atoms with Crippen LogP contribution in [0.5, 0.6) is 0 Å². The summed E-state index contributed by atoms with van der Waals surface area (Å²) in [6.45, 7) is 5.75. The molecule has 5 heteroatoms. The lowest BCUT2D eigenvalue weighted by atomic mass is 9.99. The zero-order chi connectivity index (χ0) is 15.2. The van der Waals surface area contributed by atoms with Crippen molar-refractivity contribution >= 4 is 29.9 Å². The minimum Gasteiger partial charge on any atom is -0.368 e. The molecule has 1 aliphatic heterocycles. The lowest BCUT2D eigenvalue weighted by Gasteiger charge is -2.30. The molecule has 0 amide bonds. The third-order valence-corrected chi connectivity index (χ3v) is 4.88. The Bertz CT molecular complexity index is 482. The fourth-order valence-corrected chi connectivity index (χ4v) is 3.30. The second-order valence-electron chi connectivity index (χ2n) is 6.00. The number of rotatable bonds is 5. The predicted octanol–water partition coefficient (Wildman–Crippen LogP) is 4.17. The molecule has 3 nitrogen and oxygen atoms in total. The number of piperidine rings is 1. The number of halogens is 1. The number of likely N-dealkylation sites (tertiary alicyclic amines) is 1. The first kappa shape index (κ1) is 16.7. The summed E-state index contributed by atoms with van der Waals surface area (Å²) in [5.41, 5.74) is 1.32. The molecule has 1 fully saturated rings. The van der Waals surface area contributed by atoms with Crippen LogP contribution in [0.2, 0.25) is 5.02 Å². The zero-order valence-electron chi connectivity index (χ0n) is 13.1. The Kier molecular flexibility index (Phi) is 6.40. The second-order valence-corrected chi connectivity index (χ2v) is 7.24. The SMILES string of the molecule is CC1CCN(Cc2ccc(Cl)c(S/N=C/N(C)C)c2)CC1. The largest absolute Gasteiger partial charge is 0.368 e. The Morgan fingerprint density at radius 1 is 1.38 bits per heavy atom. The van der Waals surface area contributed by atoms with E-state index in [0.29, 0.717) is 0 Å². The summed E-state index contributed by atoms with van der Waals surface area (Å²) in [4.78, 5) is 5.47. The van der Waals surface area contributed by atoms with Gasteiger partial charge in [-0.2, -0.15) is 0 Å². The molecule has 2 rings (SSSR count). The van der Waals surface area contributed by atoms with E-state index in [-0.39, 0.29) is 0 Å². The molecule has 1 aromatic carbocycles. The van der Waals surface area contributed by atoms with Crippen molar-refractivity contribution in [1.82, 2.24) is 9.80 Å². The highest BCUT2D eigenvalue weighted by molar-refractivity contribution is 7.98. The maximum atomic E-state index is 6.25. The molecular formula is C16H24ClN3S. The molecular weight excluding hydrogens is 302 g/mol. The van der Waals surface area contributed by atoms with Crippen molar-refractivity contribution < 1.29 is 0 Å². The van der Waals surface area contributed by atoms with Crippen molar-refractivity contribution in [2.45, 2.75) is 31.2 Å². The van der Waals surface area contributed by atoms with Gasteiger partial charge in [-0.25, -0.2) is 4.40 Å². The molecule has 0 bridgehead atoms. The molecule has 0 spiro atoms. The van der Waals surface area contributed by atoms with Gasteiger partial charge in [0.05, 0.1) is 11.4 Å². The van der Waals surface area contributed by atoms with Crippen LogP contribution in [0.4, 0.5) is 0 Å². The Morgan fingerprint density at radius 2 is 2.10 bits per heavy atom. The van der Waals surface area contributed by atoms with Crippen molar-refractivity contribution in [2.24, 2.45) is 10.3 Å². The monoisotopic (exact) mass is 325 g/mol. The lowest BCUT2D eigenvalue weighted by molar-refractivity contribution is 0.185. The first-order chi connectivity index (χ1) is 10.0. The maximum absolute atomic E-state index is 6.25. The highest BCUT2D eigenvalue weighted by atomic mass is 35.5. The molecule has 116 valence electrons. The van der Waals surface area contributed by atoms with Gasteiger partial charge in [0.25, 0.3) is 0 Å². The first-order valence-electron chi connectivity index (χ1n) is 7.42. The Balaban J connectivity index is 1.97. The minimum atomic E-state index is 0.770. The summed E-state index contributed by atoms with van der Waals surface area (Å²) in [6.07, 6.45) is 4.41. The van der Waals surface area contributed by atoms with Crippen LogP contribution in [0.25, 0.3) is 0 Å². The van der Waals surface area contributed by atoms with E-state index in [1.54, 1.807) is 6.34 Å². The minimum absolute atomic E-state index is 0.770. The number of hydrogen-bond donors (Lipinski definition) is 0. The predicted molar refractivity (Wildman–Crippen MR) is 93.2 cm³/mol. The summed E-state index contributed by atoms with van der Waals surface area (Å²) in [5.74, 6) is 0.873. The summed E-state index contributed by atoms with van der Waals surface area (Å²) in [6, 6.07) is 6.27. The van der Waals surface area contributed by atoms with Crippen LogP contribution in [0.15, 0.2) is 27.5 Å². The molecule has 0 unspecified atom stereocenters. The lowest BCUT2D eigenvalue weighted by Crippen LogP contribution is -2.32. The molecule has 0 radical (unpaired) electrons. The summed E-state index contributed by atoms with van der Waals surface area (Å²) in [5, 5.41) is 0.770. The summed E-state index contributed by atoms with van der Waals surface area (Å²) < 4.78 is 4.32. The summed E-state index contributed by atoms with van der Waals surface area (Å²) >= 11 is 7.68. The molecule has 0 atom stereocenters. The smallest absolute Gasteiger partial charge is 0.0988 e. The zero-order valence-corrected chi connectivity index (χ0v) is 14.6. The Hall–Kier alpha value is -0.710. The van der Waals surface area contributed by atoms with Gasteiger partial charge in [0.15, 0.2) is 0 Å². The quantitative estimate of drug-likeness (QED) is 0.460.